The minimum atomic E-state index is -1.31. The van der Waals surface area contributed by atoms with Gasteiger partial charge in [0.05, 0.1) is 24.0 Å². The van der Waals surface area contributed by atoms with Crippen molar-refractivity contribution in [3.8, 4) is 0 Å². The molecule has 4 aliphatic rings. The second-order valence-electron chi connectivity index (χ2n) is 10.4. The molecule has 2 fully saturated rings. The van der Waals surface area contributed by atoms with Crippen LogP contribution in [0.15, 0.2) is 48.6 Å². The molecule has 1 aromatic rings. The van der Waals surface area contributed by atoms with Crippen LogP contribution in [0.5, 0.6) is 0 Å². The standard InChI is InChI=1S/C28H36N4O5/c1-5-30(6-2)19-9-11-20(12-10-19)31-16-8-14-28-22(25(35)32(17-18-33)23(28)26(31)36)21-24(34)29(4)15-7-13-27(21,3)37-28/h7-14,21-23,33H,5-6,15-18H2,1-4H3/t21-,22+,23?,27+,28+/m1/s1. The summed E-state index contributed by atoms with van der Waals surface area (Å²) in [6, 6.07) is 6.85. The van der Waals surface area contributed by atoms with Crippen molar-refractivity contribution >= 4 is 29.1 Å². The molecule has 5 atom stereocenters. The highest BCUT2D eigenvalue weighted by Gasteiger charge is 2.74. The largest absolute Gasteiger partial charge is 0.395 e. The highest BCUT2D eigenvalue weighted by atomic mass is 16.5. The number of nitrogens with zero attached hydrogens (tertiary/aromatic N) is 4. The van der Waals surface area contributed by atoms with Crippen molar-refractivity contribution in [2.45, 2.75) is 38.0 Å². The van der Waals surface area contributed by atoms with Crippen LogP contribution in [-0.4, -0.2) is 96.3 Å². The Bertz CT molecular complexity index is 1150. The van der Waals surface area contributed by atoms with Gasteiger partial charge in [0.25, 0.3) is 5.91 Å². The van der Waals surface area contributed by atoms with Gasteiger partial charge in [-0.25, -0.2) is 0 Å². The number of hydrogen-bond acceptors (Lipinski definition) is 6. The summed E-state index contributed by atoms with van der Waals surface area (Å²) < 4.78 is 6.71. The lowest BCUT2D eigenvalue weighted by Gasteiger charge is -2.37. The lowest BCUT2D eigenvalue weighted by molar-refractivity contribution is -0.148. The number of likely N-dealkylation sites (N-methyl/N-ethyl adjacent to an activating group) is 1. The smallest absolute Gasteiger partial charge is 0.253 e. The molecular formula is C28H36N4O5. The SMILES string of the molecule is CCN(CC)c1ccc(N2CC=C[C@]34O[C@@]5(C)C=CCN(C)C(=O)[C@H]5[C@H]3C(=O)N(CCO)C4C2=O)cc1. The number of hydrogen-bond donors (Lipinski definition) is 1. The van der Waals surface area contributed by atoms with Crippen LogP contribution in [0.2, 0.25) is 0 Å². The van der Waals surface area contributed by atoms with Gasteiger partial charge < -0.3 is 29.4 Å². The average molecular weight is 509 g/mol. The fraction of sp³-hybridized carbons (Fsp3) is 0.536. The molecule has 0 aliphatic carbocycles. The summed E-state index contributed by atoms with van der Waals surface area (Å²) >= 11 is 0. The summed E-state index contributed by atoms with van der Waals surface area (Å²) in [6.45, 7) is 8.22. The molecule has 1 spiro atoms. The average Bonchev–Trinajstić information content (AvgIpc) is 3.15. The van der Waals surface area contributed by atoms with Gasteiger partial charge in [-0.05, 0) is 45.0 Å². The van der Waals surface area contributed by atoms with E-state index in [9.17, 15) is 19.5 Å². The number of carbonyl (C=O) groups excluding carboxylic acids is 3. The van der Waals surface area contributed by atoms with Crippen molar-refractivity contribution in [2.75, 3.05) is 56.2 Å². The molecule has 3 amide bonds. The molecule has 1 N–H and O–H groups in total. The maximum absolute atomic E-state index is 14.3. The summed E-state index contributed by atoms with van der Waals surface area (Å²) in [7, 11) is 1.71. The summed E-state index contributed by atoms with van der Waals surface area (Å²) in [4.78, 5) is 48.6. The molecule has 9 nitrogen and oxygen atoms in total. The van der Waals surface area contributed by atoms with E-state index in [0.29, 0.717) is 13.1 Å². The van der Waals surface area contributed by atoms with E-state index in [-0.39, 0.29) is 30.9 Å². The van der Waals surface area contributed by atoms with Crippen LogP contribution in [0, 0.1) is 11.8 Å². The Morgan fingerprint density at radius 1 is 0.973 bits per heavy atom. The van der Waals surface area contributed by atoms with Gasteiger partial charge in [-0.15, -0.1) is 0 Å². The maximum atomic E-state index is 14.3. The van der Waals surface area contributed by atoms with Crippen LogP contribution in [0.25, 0.3) is 0 Å². The molecule has 4 aliphatic heterocycles. The minimum Gasteiger partial charge on any atom is -0.395 e. The zero-order valence-corrected chi connectivity index (χ0v) is 22.0. The van der Waals surface area contributed by atoms with Gasteiger partial charge in [-0.2, -0.15) is 0 Å². The first-order valence-corrected chi connectivity index (χ1v) is 13.1. The van der Waals surface area contributed by atoms with E-state index >= 15 is 0 Å². The van der Waals surface area contributed by atoms with Gasteiger partial charge in [0.15, 0.2) is 0 Å². The van der Waals surface area contributed by atoms with Crippen molar-refractivity contribution < 1.29 is 24.2 Å². The highest BCUT2D eigenvalue weighted by Crippen LogP contribution is 2.57. The zero-order valence-electron chi connectivity index (χ0n) is 22.0. The van der Waals surface area contributed by atoms with E-state index in [4.69, 9.17) is 4.74 Å². The Hall–Kier alpha value is -3.17. The first-order chi connectivity index (χ1) is 17.7. The predicted molar refractivity (Wildman–Crippen MR) is 140 cm³/mol. The molecule has 2 saturated heterocycles. The summed E-state index contributed by atoms with van der Waals surface area (Å²) in [5.41, 5.74) is -0.549. The van der Waals surface area contributed by atoms with Crippen molar-refractivity contribution in [3.05, 3.63) is 48.6 Å². The first-order valence-electron chi connectivity index (χ1n) is 13.1. The lowest BCUT2D eigenvalue weighted by Crippen LogP contribution is -2.56. The van der Waals surface area contributed by atoms with Crippen molar-refractivity contribution in [1.82, 2.24) is 9.80 Å². The molecule has 37 heavy (non-hydrogen) atoms. The molecular weight excluding hydrogens is 472 g/mol. The molecule has 0 saturated carbocycles. The van der Waals surface area contributed by atoms with Crippen LogP contribution in [0.4, 0.5) is 11.4 Å². The predicted octanol–water partition coefficient (Wildman–Crippen LogP) is 1.43. The summed E-state index contributed by atoms with van der Waals surface area (Å²) in [5.74, 6) is -2.43. The third-order valence-electron chi connectivity index (χ3n) is 8.39. The first kappa shape index (κ1) is 25.5. The van der Waals surface area contributed by atoms with E-state index in [0.717, 1.165) is 24.5 Å². The van der Waals surface area contributed by atoms with Crippen molar-refractivity contribution in [1.29, 1.82) is 0 Å². The molecule has 198 valence electrons. The van der Waals surface area contributed by atoms with Gasteiger partial charge in [-0.3, -0.25) is 14.4 Å². The molecule has 0 aromatic heterocycles. The van der Waals surface area contributed by atoms with E-state index in [1.54, 1.807) is 16.8 Å². The molecule has 5 rings (SSSR count). The van der Waals surface area contributed by atoms with Crippen LogP contribution in [0.1, 0.15) is 20.8 Å². The Balaban J connectivity index is 1.57. The quantitative estimate of drug-likeness (QED) is 0.585. The molecule has 4 heterocycles. The maximum Gasteiger partial charge on any atom is 0.253 e. The third-order valence-corrected chi connectivity index (χ3v) is 8.39. The summed E-state index contributed by atoms with van der Waals surface area (Å²) in [5, 5.41) is 9.82. The van der Waals surface area contributed by atoms with E-state index in [1.165, 1.54) is 4.90 Å². The Morgan fingerprint density at radius 3 is 2.30 bits per heavy atom. The number of β-amino-alcohol motifs (C(OH)–C–C–N with tert-alkyl or cyclic N) is 1. The number of aliphatic hydroxyl groups excluding tert-OH is 1. The Labute approximate surface area is 217 Å². The van der Waals surface area contributed by atoms with Gasteiger partial charge in [0, 0.05) is 51.1 Å². The lowest BCUT2D eigenvalue weighted by atomic mass is 9.74. The van der Waals surface area contributed by atoms with Gasteiger partial charge in [0.2, 0.25) is 11.8 Å². The number of aliphatic hydroxyl groups is 1. The third kappa shape index (κ3) is 3.70. The van der Waals surface area contributed by atoms with Gasteiger partial charge in [0.1, 0.15) is 11.6 Å². The van der Waals surface area contributed by atoms with E-state index in [2.05, 4.69) is 18.7 Å². The number of anilines is 2. The van der Waals surface area contributed by atoms with Crippen LogP contribution >= 0.6 is 0 Å². The highest BCUT2D eigenvalue weighted by molar-refractivity contribution is 6.06. The number of fused-ring (bicyclic) bond motifs is 2. The zero-order chi connectivity index (χ0) is 26.5. The number of amides is 3. The molecule has 0 radical (unpaired) electrons. The fourth-order valence-electron chi connectivity index (χ4n) is 6.65. The van der Waals surface area contributed by atoms with Crippen LogP contribution in [0.3, 0.4) is 0 Å². The molecule has 0 bridgehead atoms. The number of ether oxygens (including phenoxy) is 1. The Kier molecular flexibility index (Phi) is 6.40. The Morgan fingerprint density at radius 2 is 1.65 bits per heavy atom. The minimum absolute atomic E-state index is 0.0112. The fourth-order valence-corrected chi connectivity index (χ4v) is 6.65. The molecule has 9 heteroatoms. The molecule has 1 aromatic carbocycles. The topological polar surface area (TPSA) is 93.6 Å². The number of benzene rings is 1. The second kappa shape index (κ2) is 9.29. The monoisotopic (exact) mass is 508 g/mol. The van der Waals surface area contributed by atoms with E-state index < -0.39 is 29.1 Å². The van der Waals surface area contributed by atoms with Crippen molar-refractivity contribution in [3.63, 3.8) is 0 Å². The van der Waals surface area contributed by atoms with Crippen molar-refractivity contribution in [2.24, 2.45) is 11.8 Å². The number of likely N-dealkylation sites (tertiary alicyclic amines) is 1. The van der Waals surface area contributed by atoms with Gasteiger partial charge >= 0.3 is 0 Å². The van der Waals surface area contributed by atoms with Crippen LogP contribution in [-0.2, 0) is 19.1 Å². The van der Waals surface area contributed by atoms with Gasteiger partial charge in [-0.1, -0.05) is 24.3 Å². The number of carbonyl (C=O) groups is 3. The summed E-state index contributed by atoms with van der Waals surface area (Å²) in [6.07, 6.45) is 7.43. The van der Waals surface area contributed by atoms with Crippen LogP contribution < -0.4 is 9.80 Å². The second-order valence-corrected chi connectivity index (χ2v) is 10.4. The molecule has 1 unspecified atom stereocenters. The normalized spacial score (nSPS) is 32.8. The van der Waals surface area contributed by atoms with E-state index in [1.807, 2.05) is 55.5 Å². The number of rotatable bonds is 6.